The minimum absolute atomic E-state index is 0.112. The highest BCUT2D eigenvalue weighted by atomic mass is 15.1. The summed E-state index contributed by atoms with van der Waals surface area (Å²) in [5.41, 5.74) is 2.28. The van der Waals surface area contributed by atoms with Gasteiger partial charge in [-0.3, -0.25) is 0 Å². The first kappa shape index (κ1) is 11.1. The van der Waals surface area contributed by atoms with E-state index in [0.717, 1.165) is 30.7 Å². The van der Waals surface area contributed by atoms with Gasteiger partial charge in [-0.15, -0.1) is 5.10 Å². The van der Waals surface area contributed by atoms with Crippen LogP contribution in [-0.2, 0) is 11.8 Å². The minimum Gasteiger partial charge on any atom is -0.237 e. The molecule has 1 aromatic rings. The van der Waals surface area contributed by atoms with E-state index < -0.39 is 0 Å². The molecule has 0 bridgehead atoms. The lowest BCUT2D eigenvalue weighted by molar-refractivity contribution is 0.476. The second kappa shape index (κ2) is 4.49. The molecule has 0 saturated carbocycles. The summed E-state index contributed by atoms with van der Waals surface area (Å²) in [6.07, 6.45) is 4.68. The Hall–Kier alpha value is -0.990. The lowest BCUT2D eigenvalue weighted by Gasteiger charge is -2.23. The highest BCUT2D eigenvalue weighted by Crippen LogP contribution is 2.26. The van der Waals surface area contributed by atoms with Gasteiger partial charge >= 0.3 is 0 Å². The minimum atomic E-state index is 0.112. The summed E-state index contributed by atoms with van der Waals surface area (Å²) < 4.78 is 0. The van der Waals surface area contributed by atoms with Gasteiger partial charge in [-0.2, -0.15) is 5.10 Å². The predicted molar refractivity (Wildman–Crippen MR) is 57.1 cm³/mol. The number of hydrogen-bond donors (Lipinski definition) is 0. The van der Waals surface area contributed by atoms with Crippen LogP contribution in [0.3, 0.4) is 0 Å². The van der Waals surface area contributed by atoms with Crippen LogP contribution in [0.15, 0.2) is 6.33 Å². The first-order chi connectivity index (χ1) is 6.61. The first-order valence-electron chi connectivity index (χ1n) is 5.28. The van der Waals surface area contributed by atoms with Gasteiger partial charge in [0.2, 0.25) is 0 Å². The SMILES string of the molecule is CCCc1nncnc1C(C)(C)CC. The molecular formula is C11H19N3. The van der Waals surface area contributed by atoms with Crippen molar-refractivity contribution in [3.05, 3.63) is 17.7 Å². The van der Waals surface area contributed by atoms with Crippen LogP contribution in [0.4, 0.5) is 0 Å². The Morgan fingerprint density at radius 1 is 1.29 bits per heavy atom. The van der Waals surface area contributed by atoms with Crippen molar-refractivity contribution in [2.24, 2.45) is 0 Å². The van der Waals surface area contributed by atoms with E-state index in [1.165, 1.54) is 0 Å². The standard InChI is InChI=1S/C11H19N3/c1-5-7-9-10(11(3,4)6-2)12-8-13-14-9/h8H,5-7H2,1-4H3. The Kier molecular flexibility index (Phi) is 3.55. The Bertz CT molecular complexity index is 294. The molecule has 0 aliphatic heterocycles. The van der Waals surface area contributed by atoms with Gasteiger partial charge in [0, 0.05) is 5.41 Å². The third-order valence-electron chi connectivity index (χ3n) is 2.70. The Morgan fingerprint density at radius 2 is 2.00 bits per heavy atom. The van der Waals surface area contributed by atoms with Crippen LogP contribution in [0.2, 0.25) is 0 Å². The zero-order chi connectivity index (χ0) is 10.6. The van der Waals surface area contributed by atoms with E-state index in [1.807, 2.05) is 0 Å². The molecule has 0 aliphatic rings. The third-order valence-corrected chi connectivity index (χ3v) is 2.70. The third kappa shape index (κ3) is 2.28. The van der Waals surface area contributed by atoms with Gasteiger partial charge in [0.1, 0.15) is 6.33 Å². The first-order valence-corrected chi connectivity index (χ1v) is 5.28. The molecule has 3 nitrogen and oxygen atoms in total. The van der Waals surface area contributed by atoms with Gasteiger partial charge in [-0.25, -0.2) is 4.98 Å². The normalized spacial score (nSPS) is 11.7. The quantitative estimate of drug-likeness (QED) is 0.737. The van der Waals surface area contributed by atoms with E-state index in [2.05, 4.69) is 42.9 Å². The van der Waals surface area contributed by atoms with E-state index in [-0.39, 0.29) is 5.41 Å². The monoisotopic (exact) mass is 193 g/mol. The fourth-order valence-corrected chi connectivity index (χ4v) is 1.44. The summed E-state index contributed by atoms with van der Waals surface area (Å²) in [6, 6.07) is 0. The summed E-state index contributed by atoms with van der Waals surface area (Å²) in [6.45, 7) is 8.74. The maximum Gasteiger partial charge on any atom is 0.138 e. The van der Waals surface area contributed by atoms with Gasteiger partial charge in [0.15, 0.2) is 0 Å². The molecule has 0 amide bonds. The molecule has 0 aliphatic carbocycles. The maximum atomic E-state index is 4.37. The van der Waals surface area contributed by atoms with E-state index in [0.29, 0.717) is 0 Å². The highest BCUT2D eigenvalue weighted by molar-refractivity contribution is 5.18. The van der Waals surface area contributed by atoms with E-state index in [1.54, 1.807) is 6.33 Å². The summed E-state index contributed by atoms with van der Waals surface area (Å²) >= 11 is 0. The van der Waals surface area contributed by atoms with Crippen LogP contribution in [-0.4, -0.2) is 15.2 Å². The highest BCUT2D eigenvalue weighted by Gasteiger charge is 2.23. The number of rotatable bonds is 4. The van der Waals surface area contributed by atoms with Crippen molar-refractivity contribution >= 4 is 0 Å². The van der Waals surface area contributed by atoms with E-state index in [4.69, 9.17) is 0 Å². The molecule has 14 heavy (non-hydrogen) atoms. The Morgan fingerprint density at radius 3 is 2.57 bits per heavy atom. The zero-order valence-corrected chi connectivity index (χ0v) is 9.54. The van der Waals surface area contributed by atoms with Crippen LogP contribution in [0.25, 0.3) is 0 Å². The topological polar surface area (TPSA) is 38.7 Å². The number of aryl methyl sites for hydroxylation is 1. The molecule has 78 valence electrons. The lowest BCUT2D eigenvalue weighted by Crippen LogP contribution is -2.21. The van der Waals surface area contributed by atoms with Gasteiger partial charge in [-0.05, 0) is 12.8 Å². The van der Waals surface area contributed by atoms with Gasteiger partial charge in [-0.1, -0.05) is 34.1 Å². The molecule has 0 radical (unpaired) electrons. The fourth-order valence-electron chi connectivity index (χ4n) is 1.44. The van der Waals surface area contributed by atoms with Crippen molar-refractivity contribution in [3.8, 4) is 0 Å². The smallest absolute Gasteiger partial charge is 0.138 e. The van der Waals surface area contributed by atoms with Crippen LogP contribution in [0.5, 0.6) is 0 Å². The largest absolute Gasteiger partial charge is 0.237 e. The zero-order valence-electron chi connectivity index (χ0n) is 9.54. The van der Waals surface area contributed by atoms with Crippen LogP contribution in [0.1, 0.15) is 51.9 Å². The van der Waals surface area contributed by atoms with Crippen LogP contribution >= 0.6 is 0 Å². The second-order valence-electron chi connectivity index (χ2n) is 4.24. The van der Waals surface area contributed by atoms with Crippen LogP contribution < -0.4 is 0 Å². The fraction of sp³-hybridized carbons (Fsp3) is 0.727. The van der Waals surface area contributed by atoms with Crippen molar-refractivity contribution in [3.63, 3.8) is 0 Å². The molecular weight excluding hydrogens is 174 g/mol. The van der Waals surface area contributed by atoms with Crippen molar-refractivity contribution in [2.75, 3.05) is 0 Å². The maximum absolute atomic E-state index is 4.37. The van der Waals surface area contributed by atoms with E-state index in [9.17, 15) is 0 Å². The number of hydrogen-bond acceptors (Lipinski definition) is 3. The Balaban J connectivity index is 3.06. The molecule has 0 spiro atoms. The average Bonchev–Trinajstić information content (AvgIpc) is 2.19. The average molecular weight is 193 g/mol. The lowest BCUT2D eigenvalue weighted by atomic mass is 9.84. The van der Waals surface area contributed by atoms with Gasteiger partial charge in [0.25, 0.3) is 0 Å². The molecule has 1 heterocycles. The van der Waals surface area contributed by atoms with Crippen LogP contribution in [0, 0.1) is 0 Å². The summed E-state index contributed by atoms with van der Waals surface area (Å²) in [7, 11) is 0. The molecule has 0 aromatic carbocycles. The van der Waals surface area contributed by atoms with E-state index >= 15 is 0 Å². The van der Waals surface area contributed by atoms with Crippen molar-refractivity contribution in [1.82, 2.24) is 15.2 Å². The predicted octanol–water partition coefficient (Wildman–Crippen LogP) is 2.51. The molecule has 0 saturated heterocycles. The molecule has 1 aromatic heterocycles. The summed E-state index contributed by atoms with van der Waals surface area (Å²) in [4.78, 5) is 4.37. The van der Waals surface area contributed by atoms with Gasteiger partial charge in [0.05, 0.1) is 11.4 Å². The van der Waals surface area contributed by atoms with Crippen molar-refractivity contribution in [1.29, 1.82) is 0 Å². The molecule has 0 atom stereocenters. The Labute approximate surface area is 86.0 Å². The molecule has 0 fully saturated rings. The second-order valence-corrected chi connectivity index (χ2v) is 4.24. The number of nitrogens with zero attached hydrogens (tertiary/aromatic N) is 3. The molecule has 1 rings (SSSR count). The number of aromatic nitrogens is 3. The van der Waals surface area contributed by atoms with Gasteiger partial charge < -0.3 is 0 Å². The summed E-state index contributed by atoms with van der Waals surface area (Å²) in [5, 5.41) is 8.02. The van der Waals surface area contributed by atoms with Crippen molar-refractivity contribution in [2.45, 2.75) is 52.4 Å². The van der Waals surface area contributed by atoms with Crippen molar-refractivity contribution < 1.29 is 0 Å². The molecule has 0 N–H and O–H groups in total. The molecule has 3 heteroatoms. The summed E-state index contributed by atoms with van der Waals surface area (Å²) in [5.74, 6) is 0. The molecule has 0 unspecified atom stereocenters.